The second kappa shape index (κ2) is 6.96. The van der Waals surface area contributed by atoms with Crippen LogP contribution in [0.25, 0.3) is 0 Å². The average molecular weight is 291 g/mol. The highest BCUT2D eigenvalue weighted by Gasteiger charge is 2.09. The maximum absolute atomic E-state index is 13.2. The van der Waals surface area contributed by atoms with E-state index < -0.39 is 0 Å². The maximum Gasteiger partial charge on any atom is 0.158 e. The number of hydrogen-bond acceptors (Lipinski definition) is 6. The smallest absolute Gasteiger partial charge is 0.158 e. The fourth-order valence-electron chi connectivity index (χ4n) is 1.94. The summed E-state index contributed by atoms with van der Waals surface area (Å²) in [6.07, 6.45) is 0. The standard InChI is InChI=1S/C14H18FN5O/c1-20(8-10-4-3-5-11(15)6-10)14-7-12(19-16)17-13(18-14)9-21-2/h3-7H,8-9,16H2,1-2H3,(H,17,18,19). The number of rotatable bonds is 6. The molecule has 0 bridgehead atoms. The molecule has 7 heteroatoms. The minimum atomic E-state index is -0.257. The molecule has 0 atom stereocenters. The zero-order valence-electron chi connectivity index (χ0n) is 12.0. The van der Waals surface area contributed by atoms with Gasteiger partial charge in [0.15, 0.2) is 5.82 Å². The summed E-state index contributed by atoms with van der Waals surface area (Å²) in [5, 5.41) is 0. The van der Waals surface area contributed by atoms with Gasteiger partial charge in [-0.2, -0.15) is 0 Å². The molecule has 0 fully saturated rings. The van der Waals surface area contributed by atoms with Crippen LogP contribution in [0, 0.1) is 5.82 Å². The van der Waals surface area contributed by atoms with E-state index in [0.717, 1.165) is 5.56 Å². The van der Waals surface area contributed by atoms with Crippen LogP contribution in [0.15, 0.2) is 30.3 Å². The molecule has 6 nitrogen and oxygen atoms in total. The van der Waals surface area contributed by atoms with Crippen molar-refractivity contribution in [2.45, 2.75) is 13.2 Å². The lowest BCUT2D eigenvalue weighted by Gasteiger charge is -2.19. The van der Waals surface area contributed by atoms with Crippen LogP contribution in [0.3, 0.4) is 0 Å². The summed E-state index contributed by atoms with van der Waals surface area (Å²) < 4.78 is 18.3. The van der Waals surface area contributed by atoms with Gasteiger partial charge in [0.1, 0.15) is 24.1 Å². The van der Waals surface area contributed by atoms with Gasteiger partial charge in [-0.1, -0.05) is 12.1 Å². The number of anilines is 2. The van der Waals surface area contributed by atoms with Gasteiger partial charge in [-0.15, -0.1) is 0 Å². The Hall–Kier alpha value is -2.25. The van der Waals surface area contributed by atoms with Crippen molar-refractivity contribution in [1.29, 1.82) is 0 Å². The molecule has 3 N–H and O–H groups in total. The first-order valence-electron chi connectivity index (χ1n) is 6.41. The second-order valence-electron chi connectivity index (χ2n) is 4.59. The predicted molar refractivity (Wildman–Crippen MR) is 79.1 cm³/mol. The summed E-state index contributed by atoms with van der Waals surface area (Å²) in [6.45, 7) is 0.807. The summed E-state index contributed by atoms with van der Waals surface area (Å²) >= 11 is 0. The number of ether oxygens (including phenoxy) is 1. The van der Waals surface area contributed by atoms with E-state index in [2.05, 4.69) is 15.4 Å². The lowest BCUT2D eigenvalue weighted by atomic mass is 10.2. The Morgan fingerprint density at radius 1 is 1.33 bits per heavy atom. The second-order valence-corrected chi connectivity index (χ2v) is 4.59. The van der Waals surface area contributed by atoms with Crippen molar-refractivity contribution >= 4 is 11.6 Å². The maximum atomic E-state index is 13.2. The lowest BCUT2D eigenvalue weighted by molar-refractivity contribution is 0.178. The first kappa shape index (κ1) is 15.1. The molecule has 1 aromatic carbocycles. The minimum Gasteiger partial charge on any atom is -0.377 e. The van der Waals surface area contributed by atoms with Gasteiger partial charge < -0.3 is 15.1 Å². The van der Waals surface area contributed by atoms with Crippen LogP contribution in [-0.2, 0) is 17.9 Å². The molecule has 0 amide bonds. The van der Waals surface area contributed by atoms with Gasteiger partial charge in [0.05, 0.1) is 0 Å². The summed E-state index contributed by atoms with van der Waals surface area (Å²) in [5.74, 6) is 6.85. The highest BCUT2D eigenvalue weighted by molar-refractivity contribution is 5.48. The van der Waals surface area contributed by atoms with E-state index in [9.17, 15) is 4.39 Å². The number of benzene rings is 1. The molecular formula is C14H18FN5O. The third kappa shape index (κ3) is 4.11. The van der Waals surface area contributed by atoms with Crippen molar-refractivity contribution in [2.24, 2.45) is 5.84 Å². The molecule has 1 heterocycles. The predicted octanol–water partition coefficient (Wildman–Crippen LogP) is 1.68. The quantitative estimate of drug-likeness (QED) is 0.623. The van der Waals surface area contributed by atoms with E-state index in [1.54, 1.807) is 19.2 Å². The summed E-state index contributed by atoms with van der Waals surface area (Å²) in [5.41, 5.74) is 3.35. The normalized spacial score (nSPS) is 10.5. The summed E-state index contributed by atoms with van der Waals surface area (Å²) in [7, 11) is 3.44. The molecule has 0 aliphatic heterocycles. The van der Waals surface area contributed by atoms with Gasteiger partial charge in [-0.05, 0) is 17.7 Å². The van der Waals surface area contributed by atoms with E-state index >= 15 is 0 Å². The molecule has 2 aromatic rings. The molecule has 21 heavy (non-hydrogen) atoms. The molecule has 0 unspecified atom stereocenters. The van der Waals surface area contributed by atoms with E-state index in [4.69, 9.17) is 10.6 Å². The topological polar surface area (TPSA) is 76.3 Å². The Labute approximate surface area is 122 Å². The van der Waals surface area contributed by atoms with Crippen molar-refractivity contribution in [3.05, 3.63) is 47.5 Å². The van der Waals surface area contributed by atoms with E-state index in [1.807, 2.05) is 18.0 Å². The SMILES string of the molecule is COCc1nc(NN)cc(N(C)Cc2cccc(F)c2)n1. The molecule has 1 aromatic heterocycles. The van der Waals surface area contributed by atoms with Crippen LogP contribution < -0.4 is 16.2 Å². The Bertz CT molecular complexity index is 608. The molecule has 112 valence electrons. The van der Waals surface area contributed by atoms with Gasteiger partial charge in [0.2, 0.25) is 0 Å². The largest absolute Gasteiger partial charge is 0.377 e. The number of nitrogens with two attached hydrogens (primary N) is 1. The molecule has 2 rings (SSSR count). The third-order valence-corrected chi connectivity index (χ3v) is 2.88. The average Bonchev–Trinajstić information content (AvgIpc) is 2.47. The van der Waals surface area contributed by atoms with Crippen molar-refractivity contribution in [2.75, 3.05) is 24.5 Å². The van der Waals surface area contributed by atoms with Gasteiger partial charge in [0.25, 0.3) is 0 Å². The van der Waals surface area contributed by atoms with Crippen molar-refractivity contribution in [3.8, 4) is 0 Å². The van der Waals surface area contributed by atoms with Crippen LogP contribution >= 0.6 is 0 Å². The van der Waals surface area contributed by atoms with E-state index in [-0.39, 0.29) is 12.4 Å². The molecule has 0 radical (unpaired) electrons. The number of halogens is 1. The van der Waals surface area contributed by atoms with Crippen molar-refractivity contribution in [3.63, 3.8) is 0 Å². The highest BCUT2D eigenvalue weighted by Crippen LogP contribution is 2.17. The number of methoxy groups -OCH3 is 1. The number of nitrogens with zero attached hydrogens (tertiary/aromatic N) is 3. The van der Waals surface area contributed by atoms with Crippen LogP contribution in [0.2, 0.25) is 0 Å². The number of aromatic nitrogens is 2. The third-order valence-electron chi connectivity index (χ3n) is 2.88. The van der Waals surface area contributed by atoms with E-state index in [0.29, 0.717) is 24.0 Å². The fraction of sp³-hybridized carbons (Fsp3) is 0.286. The monoisotopic (exact) mass is 291 g/mol. The molecular weight excluding hydrogens is 273 g/mol. The van der Waals surface area contributed by atoms with Crippen LogP contribution in [-0.4, -0.2) is 24.1 Å². The molecule has 0 saturated carbocycles. The molecule has 0 saturated heterocycles. The van der Waals surface area contributed by atoms with Crippen LogP contribution in [0.4, 0.5) is 16.0 Å². The van der Waals surface area contributed by atoms with Gasteiger partial charge >= 0.3 is 0 Å². The zero-order chi connectivity index (χ0) is 15.2. The van der Waals surface area contributed by atoms with Crippen molar-refractivity contribution < 1.29 is 9.13 Å². The first-order chi connectivity index (χ1) is 10.1. The lowest BCUT2D eigenvalue weighted by Crippen LogP contribution is -2.20. The van der Waals surface area contributed by atoms with Gasteiger partial charge in [-0.25, -0.2) is 20.2 Å². The number of nitrogen functional groups attached to an aromatic ring is 1. The molecule has 0 aliphatic rings. The van der Waals surface area contributed by atoms with E-state index in [1.165, 1.54) is 12.1 Å². The number of hydrogen-bond donors (Lipinski definition) is 2. The first-order valence-corrected chi connectivity index (χ1v) is 6.41. The Balaban J connectivity index is 2.21. The van der Waals surface area contributed by atoms with Gasteiger partial charge in [0, 0.05) is 26.8 Å². The number of hydrazine groups is 1. The number of nitrogens with one attached hydrogen (secondary N) is 1. The van der Waals surface area contributed by atoms with Crippen LogP contribution in [0.1, 0.15) is 11.4 Å². The Morgan fingerprint density at radius 2 is 2.14 bits per heavy atom. The van der Waals surface area contributed by atoms with Crippen molar-refractivity contribution in [1.82, 2.24) is 9.97 Å². The zero-order valence-corrected chi connectivity index (χ0v) is 12.0. The molecule has 0 spiro atoms. The fourth-order valence-corrected chi connectivity index (χ4v) is 1.94. The minimum absolute atomic E-state index is 0.257. The Kier molecular flexibility index (Phi) is 5.02. The van der Waals surface area contributed by atoms with Gasteiger partial charge in [-0.3, -0.25) is 0 Å². The highest BCUT2D eigenvalue weighted by atomic mass is 19.1. The van der Waals surface area contributed by atoms with Crippen LogP contribution in [0.5, 0.6) is 0 Å². The summed E-state index contributed by atoms with van der Waals surface area (Å²) in [6, 6.07) is 8.18. The Morgan fingerprint density at radius 3 is 2.81 bits per heavy atom. The molecule has 0 aliphatic carbocycles. The summed E-state index contributed by atoms with van der Waals surface area (Å²) in [4.78, 5) is 10.5.